The zero-order valence-corrected chi connectivity index (χ0v) is 16.2. The van der Waals surface area contributed by atoms with Gasteiger partial charge in [-0.2, -0.15) is 0 Å². The van der Waals surface area contributed by atoms with E-state index in [1.165, 1.54) is 11.1 Å². The number of hydrogen-bond acceptors (Lipinski definition) is 2. The lowest BCUT2D eigenvalue weighted by Gasteiger charge is -2.30. The topological polar surface area (TPSA) is 32.3 Å². The summed E-state index contributed by atoms with van der Waals surface area (Å²) in [6.07, 6.45) is 8.47. The minimum absolute atomic E-state index is 0.120. The molecule has 0 aromatic heterocycles. The number of anilines is 1. The van der Waals surface area contributed by atoms with E-state index >= 15 is 0 Å². The van der Waals surface area contributed by atoms with Crippen LogP contribution in [0, 0.1) is 5.92 Å². The van der Waals surface area contributed by atoms with E-state index in [4.69, 9.17) is 0 Å². The molecule has 1 fully saturated rings. The molecule has 3 heteroatoms. The number of likely N-dealkylation sites (tertiary alicyclic amines) is 1. The number of hydrogen-bond donors (Lipinski definition) is 1. The smallest absolute Gasteiger partial charge is 0.227 e. The fraction of sp³-hybridized carbons (Fsp3) is 0.375. The molecule has 0 unspecified atom stereocenters. The third-order valence-electron chi connectivity index (χ3n) is 5.19. The van der Waals surface area contributed by atoms with Crippen LogP contribution in [0.5, 0.6) is 0 Å². The van der Waals surface area contributed by atoms with Crippen LogP contribution in [0.3, 0.4) is 0 Å². The number of nitrogens with zero attached hydrogens (tertiary/aromatic N) is 1. The van der Waals surface area contributed by atoms with Crippen molar-refractivity contribution in [1.82, 2.24) is 4.90 Å². The third-order valence-corrected chi connectivity index (χ3v) is 5.19. The number of piperidine rings is 1. The highest BCUT2D eigenvalue weighted by Gasteiger charge is 2.24. The lowest BCUT2D eigenvalue weighted by atomic mass is 9.95. The number of carbonyl (C=O) groups is 1. The number of amides is 1. The average molecular weight is 363 g/mol. The van der Waals surface area contributed by atoms with Crippen molar-refractivity contribution in [1.29, 1.82) is 0 Å². The quantitative estimate of drug-likeness (QED) is 0.751. The van der Waals surface area contributed by atoms with Gasteiger partial charge in [-0.3, -0.25) is 9.69 Å². The molecule has 1 amide bonds. The summed E-state index contributed by atoms with van der Waals surface area (Å²) in [5.41, 5.74) is 3.47. The van der Waals surface area contributed by atoms with Gasteiger partial charge in [-0.05, 0) is 55.6 Å². The summed E-state index contributed by atoms with van der Waals surface area (Å²) in [6, 6.07) is 18.6. The summed E-state index contributed by atoms with van der Waals surface area (Å²) >= 11 is 0. The molecule has 27 heavy (non-hydrogen) atoms. The van der Waals surface area contributed by atoms with E-state index in [9.17, 15) is 4.79 Å². The van der Waals surface area contributed by atoms with Crippen LogP contribution in [-0.4, -0.2) is 30.4 Å². The molecule has 1 aliphatic heterocycles. The Morgan fingerprint density at radius 2 is 1.78 bits per heavy atom. The fourth-order valence-electron chi connectivity index (χ4n) is 3.57. The molecule has 1 saturated heterocycles. The van der Waals surface area contributed by atoms with E-state index in [2.05, 4.69) is 65.7 Å². The standard InChI is InChI=1S/C24H30N2O/c1-2-7-20-11-13-23(14-12-20)25-24(27)22-15-18-26(19-16-22)17-6-10-21-8-4-3-5-9-21/h3-6,8-14,22H,2,7,15-19H2,1H3,(H,25,27)/b10-6+. The second-order valence-electron chi connectivity index (χ2n) is 7.32. The minimum Gasteiger partial charge on any atom is -0.326 e. The van der Waals surface area contributed by atoms with Crippen LogP contribution in [0.25, 0.3) is 6.08 Å². The summed E-state index contributed by atoms with van der Waals surface area (Å²) in [5.74, 6) is 0.285. The van der Waals surface area contributed by atoms with E-state index in [0.29, 0.717) is 0 Å². The van der Waals surface area contributed by atoms with Gasteiger partial charge in [-0.1, -0.05) is 68.0 Å². The van der Waals surface area contributed by atoms with E-state index in [-0.39, 0.29) is 11.8 Å². The van der Waals surface area contributed by atoms with Crippen molar-refractivity contribution in [3.05, 3.63) is 71.8 Å². The van der Waals surface area contributed by atoms with Gasteiger partial charge in [0.15, 0.2) is 0 Å². The molecule has 0 atom stereocenters. The van der Waals surface area contributed by atoms with Gasteiger partial charge in [0.25, 0.3) is 0 Å². The van der Waals surface area contributed by atoms with Crippen LogP contribution < -0.4 is 5.32 Å². The first-order chi connectivity index (χ1) is 13.2. The highest BCUT2D eigenvalue weighted by Crippen LogP contribution is 2.20. The lowest BCUT2D eigenvalue weighted by Crippen LogP contribution is -2.38. The Bertz CT molecular complexity index is 729. The van der Waals surface area contributed by atoms with Gasteiger partial charge in [-0.25, -0.2) is 0 Å². The van der Waals surface area contributed by atoms with Gasteiger partial charge in [0.05, 0.1) is 0 Å². The zero-order valence-electron chi connectivity index (χ0n) is 16.2. The first-order valence-corrected chi connectivity index (χ1v) is 10.1. The Hall–Kier alpha value is -2.39. The molecule has 0 spiro atoms. The molecule has 0 radical (unpaired) electrons. The maximum absolute atomic E-state index is 12.5. The Labute approximate surface area is 163 Å². The average Bonchev–Trinajstić information content (AvgIpc) is 2.71. The molecule has 2 aromatic carbocycles. The molecule has 0 aliphatic carbocycles. The van der Waals surface area contributed by atoms with E-state index in [1.807, 2.05) is 18.2 Å². The first kappa shape index (κ1) is 19.4. The van der Waals surface area contributed by atoms with Crippen LogP contribution in [0.1, 0.15) is 37.3 Å². The number of benzene rings is 2. The number of nitrogens with one attached hydrogen (secondary N) is 1. The van der Waals surface area contributed by atoms with Crippen LogP contribution in [0.2, 0.25) is 0 Å². The maximum Gasteiger partial charge on any atom is 0.227 e. The van der Waals surface area contributed by atoms with Crippen molar-refractivity contribution in [2.75, 3.05) is 25.0 Å². The van der Waals surface area contributed by atoms with Crippen molar-refractivity contribution >= 4 is 17.7 Å². The van der Waals surface area contributed by atoms with Gasteiger partial charge in [-0.15, -0.1) is 0 Å². The monoisotopic (exact) mass is 362 g/mol. The van der Waals surface area contributed by atoms with Crippen molar-refractivity contribution < 1.29 is 4.79 Å². The second-order valence-corrected chi connectivity index (χ2v) is 7.32. The largest absolute Gasteiger partial charge is 0.326 e. The Balaban J connectivity index is 1.41. The maximum atomic E-state index is 12.5. The number of carbonyl (C=O) groups excluding carboxylic acids is 1. The summed E-state index contributed by atoms with van der Waals surface area (Å²) in [7, 11) is 0. The molecular weight excluding hydrogens is 332 g/mol. The van der Waals surface area contributed by atoms with E-state index in [1.54, 1.807) is 0 Å². The molecule has 3 rings (SSSR count). The van der Waals surface area contributed by atoms with E-state index in [0.717, 1.165) is 51.0 Å². The summed E-state index contributed by atoms with van der Waals surface area (Å²) in [4.78, 5) is 15.0. The SMILES string of the molecule is CCCc1ccc(NC(=O)C2CCN(C/C=C/c3ccccc3)CC2)cc1. The first-order valence-electron chi connectivity index (χ1n) is 10.1. The van der Waals surface area contributed by atoms with E-state index < -0.39 is 0 Å². The highest BCUT2D eigenvalue weighted by molar-refractivity contribution is 5.92. The molecular formula is C24H30N2O. The molecule has 0 bridgehead atoms. The van der Waals surface area contributed by atoms with Gasteiger partial charge in [0.1, 0.15) is 0 Å². The van der Waals surface area contributed by atoms with Crippen molar-refractivity contribution in [3.63, 3.8) is 0 Å². The van der Waals surface area contributed by atoms with Crippen molar-refractivity contribution in [2.24, 2.45) is 5.92 Å². The van der Waals surface area contributed by atoms with Crippen molar-refractivity contribution in [3.8, 4) is 0 Å². The molecule has 142 valence electrons. The number of aryl methyl sites for hydroxylation is 1. The van der Waals surface area contributed by atoms with Crippen LogP contribution >= 0.6 is 0 Å². The second kappa shape index (κ2) is 10.1. The van der Waals surface area contributed by atoms with Gasteiger partial charge in [0.2, 0.25) is 5.91 Å². The van der Waals surface area contributed by atoms with Crippen molar-refractivity contribution in [2.45, 2.75) is 32.6 Å². The number of rotatable bonds is 7. The highest BCUT2D eigenvalue weighted by atomic mass is 16.1. The Morgan fingerprint density at radius 3 is 2.44 bits per heavy atom. The predicted octanol–water partition coefficient (Wildman–Crippen LogP) is 5.00. The summed E-state index contributed by atoms with van der Waals surface area (Å²) < 4.78 is 0. The molecule has 1 aliphatic rings. The normalized spacial score (nSPS) is 15.9. The zero-order chi connectivity index (χ0) is 18.9. The lowest BCUT2D eigenvalue weighted by molar-refractivity contribution is -0.121. The van der Waals surface area contributed by atoms with Crippen LogP contribution in [0.4, 0.5) is 5.69 Å². The minimum atomic E-state index is 0.120. The van der Waals surface area contributed by atoms with Crippen LogP contribution in [-0.2, 0) is 11.2 Å². The van der Waals surface area contributed by atoms with Gasteiger partial charge >= 0.3 is 0 Å². The molecule has 2 aromatic rings. The third kappa shape index (κ3) is 6.07. The molecule has 1 heterocycles. The Kier molecular flexibility index (Phi) is 7.23. The predicted molar refractivity (Wildman–Crippen MR) is 114 cm³/mol. The Morgan fingerprint density at radius 1 is 1.07 bits per heavy atom. The fourth-order valence-corrected chi connectivity index (χ4v) is 3.57. The summed E-state index contributed by atoms with van der Waals surface area (Å²) in [6.45, 7) is 5.08. The van der Waals surface area contributed by atoms with Crippen LogP contribution in [0.15, 0.2) is 60.7 Å². The van der Waals surface area contributed by atoms with Gasteiger partial charge < -0.3 is 5.32 Å². The van der Waals surface area contributed by atoms with Gasteiger partial charge in [0, 0.05) is 18.2 Å². The molecule has 1 N–H and O–H groups in total. The molecule has 0 saturated carbocycles. The molecule has 3 nitrogen and oxygen atoms in total. The summed E-state index contributed by atoms with van der Waals surface area (Å²) in [5, 5.41) is 3.09.